The van der Waals surface area contributed by atoms with Crippen molar-refractivity contribution in [2.45, 2.75) is 27.2 Å². The van der Waals surface area contributed by atoms with Crippen molar-refractivity contribution >= 4 is 18.0 Å². The lowest BCUT2D eigenvalue weighted by atomic mass is 10.1. The first-order valence-corrected chi connectivity index (χ1v) is 8.15. The highest BCUT2D eigenvalue weighted by Gasteiger charge is 2.24. The first-order chi connectivity index (χ1) is 10.9. The van der Waals surface area contributed by atoms with Gasteiger partial charge in [-0.2, -0.15) is 0 Å². The van der Waals surface area contributed by atoms with E-state index in [0.717, 1.165) is 6.42 Å². The zero-order chi connectivity index (χ0) is 17.2. The largest absolute Gasteiger partial charge is 0.450 e. The summed E-state index contributed by atoms with van der Waals surface area (Å²) in [5.74, 6) is 0.375. The number of carbonyl (C=O) groups is 3. The molecule has 8 nitrogen and oxygen atoms in total. The average molecular weight is 328 g/mol. The fourth-order valence-corrected chi connectivity index (χ4v) is 2.16. The van der Waals surface area contributed by atoms with Gasteiger partial charge >= 0.3 is 12.1 Å². The molecule has 8 heteroatoms. The Balaban J connectivity index is 2.21. The molecule has 2 N–H and O–H groups in total. The monoisotopic (exact) mass is 328 g/mol. The Morgan fingerprint density at radius 3 is 2.22 bits per heavy atom. The fourth-order valence-electron chi connectivity index (χ4n) is 2.16. The molecule has 23 heavy (non-hydrogen) atoms. The quantitative estimate of drug-likeness (QED) is 0.748. The summed E-state index contributed by atoms with van der Waals surface area (Å²) in [5.41, 5.74) is 0. The Morgan fingerprint density at radius 1 is 1.04 bits per heavy atom. The lowest BCUT2D eigenvalue weighted by Gasteiger charge is -2.34. The van der Waals surface area contributed by atoms with Crippen LogP contribution in [0.25, 0.3) is 0 Å². The highest BCUT2D eigenvalue weighted by atomic mass is 16.6. The third-order valence-corrected chi connectivity index (χ3v) is 3.57. The number of amides is 4. The Bertz CT molecular complexity index is 406. The first-order valence-electron chi connectivity index (χ1n) is 8.15. The number of rotatable bonds is 6. The van der Waals surface area contributed by atoms with Crippen molar-refractivity contribution in [3.63, 3.8) is 0 Å². The molecule has 0 atom stereocenters. The van der Waals surface area contributed by atoms with E-state index in [1.165, 1.54) is 0 Å². The molecule has 0 saturated carbocycles. The number of hydrogen-bond acceptors (Lipinski definition) is 4. The molecule has 1 rings (SSSR count). The Morgan fingerprint density at radius 2 is 1.65 bits per heavy atom. The van der Waals surface area contributed by atoms with Crippen LogP contribution in [-0.4, -0.2) is 73.7 Å². The van der Waals surface area contributed by atoms with Crippen LogP contribution in [0, 0.1) is 5.92 Å². The number of nitrogens with zero attached hydrogens (tertiary/aromatic N) is 2. The van der Waals surface area contributed by atoms with Gasteiger partial charge in [0.25, 0.3) is 0 Å². The van der Waals surface area contributed by atoms with E-state index in [9.17, 15) is 14.4 Å². The molecular formula is C15H28N4O4. The van der Waals surface area contributed by atoms with Gasteiger partial charge in [0.05, 0.1) is 13.2 Å². The molecular weight excluding hydrogens is 300 g/mol. The molecule has 1 heterocycles. The summed E-state index contributed by atoms with van der Waals surface area (Å²) < 4.78 is 4.93. The average Bonchev–Trinajstić information content (AvgIpc) is 2.52. The van der Waals surface area contributed by atoms with Gasteiger partial charge in [0.15, 0.2) is 0 Å². The van der Waals surface area contributed by atoms with Crippen LogP contribution in [-0.2, 0) is 9.53 Å². The van der Waals surface area contributed by atoms with Crippen molar-refractivity contribution in [1.29, 1.82) is 0 Å². The maximum atomic E-state index is 12.0. The molecule has 1 aliphatic heterocycles. The van der Waals surface area contributed by atoms with E-state index in [2.05, 4.69) is 24.5 Å². The normalized spacial score (nSPS) is 14.6. The van der Waals surface area contributed by atoms with Crippen molar-refractivity contribution in [3.8, 4) is 0 Å². The maximum absolute atomic E-state index is 12.0. The zero-order valence-corrected chi connectivity index (χ0v) is 14.3. The topological polar surface area (TPSA) is 91.0 Å². The van der Waals surface area contributed by atoms with E-state index in [0.29, 0.717) is 45.2 Å². The van der Waals surface area contributed by atoms with Crippen LogP contribution in [0.15, 0.2) is 0 Å². The number of piperazine rings is 1. The van der Waals surface area contributed by atoms with E-state index in [1.807, 2.05) is 0 Å². The van der Waals surface area contributed by atoms with Gasteiger partial charge in [0, 0.05) is 32.7 Å². The van der Waals surface area contributed by atoms with E-state index >= 15 is 0 Å². The lowest BCUT2D eigenvalue weighted by Crippen LogP contribution is -2.53. The highest BCUT2D eigenvalue weighted by molar-refractivity contribution is 5.84. The molecule has 0 aromatic heterocycles. The lowest BCUT2D eigenvalue weighted by molar-refractivity contribution is -0.131. The summed E-state index contributed by atoms with van der Waals surface area (Å²) in [6.45, 7) is 8.63. The minimum absolute atomic E-state index is 0.0348. The molecule has 0 aromatic carbocycles. The summed E-state index contributed by atoms with van der Waals surface area (Å²) in [5, 5.41) is 5.28. The van der Waals surface area contributed by atoms with Crippen molar-refractivity contribution in [2.24, 2.45) is 5.92 Å². The van der Waals surface area contributed by atoms with Gasteiger partial charge in [-0.1, -0.05) is 13.8 Å². The van der Waals surface area contributed by atoms with Crippen LogP contribution in [0.2, 0.25) is 0 Å². The second-order valence-corrected chi connectivity index (χ2v) is 5.86. The van der Waals surface area contributed by atoms with E-state index < -0.39 is 0 Å². The summed E-state index contributed by atoms with van der Waals surface area (Å²) in [6.07, 6.45) is 0.555. The number of carbonyl (C=O) groups excluding carboxylic acids is 3. The smallest absolute Gasteiger partial charge is 0.409 e. The van der Waals surface area contributed by atoms with Gasteiger partial charge in [-0.15, -0.1) is 0 Å². The zero-order valence-electron chi connectivity index (χ0n) is 14.3. The number of ether oxygens (including phenoxy) is 1. The third kappa shape index (κ3) is 7.21. The van der Waals surface area contributed by atoms with Gasteiger partial charge in [-0.3, -0.25) is 4.79 Å². The Hall–Kier alpha value is -1.99. The molecule has 0 bridgehead atoms. The van der Waals surface area contributed by atoms with Crippen LogP contribution in [0.3, 0.4) is 0 Å². The molecule has 0 aliphatic carbocycles. The molecule has 132 valence electrons. The van der Waals surface area contributed by atoms with Crippen molar-refractivity contribution in [2.75, 3.05) is 45.9 Å². The predicted molar refractivity (Wildman–Crippen MR) is 86.0 cm³/mol. The van der Waals surface area contributed by atoms with Gasteiger partial charge in [-0.25, -0.2) is 9.59 Å². The van der Waals surface area contributed by atoms with Crippen molar-refractivity contribution in [3.05, 3.63) is 0 Å². The number of nitrogens with one attached hydrogen (secondary N) is 2. The first kappa shape index (κ1) is 19.1. The SMILES string of the molecule is CCOC(=O)N1CCN(C(=O)CNC(=O)NCCC(C)C)CC1. The second-order valence-electron chi connectivity index (χ2n) is 5.86. The van der Waals surface area contributed by atoms with Crippen LogP contribution < -0.4 is 10.6 Å². The maximum Gasteiger partial charge on any atom is 0.409 e. The van der Waals surface area contributed by atoms with Crippen molar-refractivity contribution in [1.82, 2.24) is 20.4 Å². The van der Waals surface area contributed by atoms with E-state index in [1.54, 1.807) is 16.7 Å². The van der Waals surface area contributed by atoms with Crippen LogP contribution in [0.4, 0.5) is 9.59 Å². The highest BCUT2D eigenvalue weighted by Crippen LogP contribution is 2.04. The fraction of sp³-hybridized carbons (Fsp3) is 0.800. The molecule has 1 saturated heterocycles. The molecule has 0 radical (unpaired) electrons. The molecule has 0 unspecified atom stereocenters. The summed E-state index contributed by atoms with van der Waals surface area (Å²) in [6, 6.07) is -0.329. The number of urea groups is 1. The predicted octanol–water partition coefficient (Wildman–Crippen LogP) is 0.632. The number of hydrogen-bond donors (Lipinski definition) is 2. The summed E-state index contributed by atoms with van der Waals surface area (Å²) >= 11 is 0. The second kappa shape index (κ2) is 9.91. The molecule has 1 fully saturated rings. The van der Waals surface area contributed by atoms with Gasteiger partial charge in [0.1, 0.15) is 0 Å². The molecule has 0 spiro atoms. The third-order valence-electron chi connectivity index (χ3n) is 3.57. The summed E-state index contributed by atoms with van der Waals surface area (Å²) in [7, 11) is 0. The van der Waals surface area contributed by atoms with Gasteiger partial charge in [0.2, 0.25) is 5.91 Å². The van der Waals surface area contributed by atoms with Crippen LogP contribution in [0.5, 0.6) is 0 Å². The standard InChI is InChI=1S/C15H28N4O4/c1-4-23-15(22)19-9-7-18(8-10-19)13(20)11-17-14(21)16-6-5-12(2)3/h12H,4-11H2,1-3H3,(H2,16,17,21). The minimum atomic E-state index is -0.345. The Kier molecular flexibility index (Phi) is 8.21. The summed E-state index contributed by atoms with van der Waals surface area (Å²) in [4.78, 5) is 38.4. The van der Waals surface area contributed by atoms with Gasteiger partial charge in [-0.05, 0) is 19.3 Å². The van der Waals surface area contributed by atoms with Crippen LogP contribution in [0.1, 0.15) is 27.2 Å². The minimum Gasteiger partial charge on any atom is -0.450 e. The van der Waals surface area contributed by atoms with E-state index in [-0.39, 0.29) is 24.6 Å². The molecule has 1 aliphatic rings. The van der Waals surface area contributed by atoms with Crippen molar-refractivity contribution < 1.29 is 19.1 Å². The van der Waals surface area contributed by atoms with E-state index in [4.69, 9.17) is 4.74 Å². The molecule has 4 amide bonds. The van der Waals surface area contributed by atoms with Gasteiger partial charge < -0.3 is 25.2 Å². The van der Waals surface area contributed by atoms with Crippen LogP contribution >= 0.6 is 0 Å². The molecule has 0 aromatic rings. The Labute approximate surface area is 137 Å².